The van der Waals surface area contributed by atoms with E-state index in [2.05, 4.69) is 5.32 Å². The van der Waals surface area contributed by atoms with Crippen molar-refractivity contribution in [3.63, 3.8) is 0 Å². The molecule has 0 unspecified atom stereocenters. The smallest absolute Gasteiger partial charge is 0.340 e. The Morgan fingerprint density at radius 2 is 1.88 bits per heavy atom. The van der Waals surface area contributed by atoms with Crippen molar-refractivity contribution in [1.29, 1.82) is 0 Å². The summed E-state index contributed by atoms with van der Waals surface area (Å²) in [5, 5.41) is 22.1. The minimum atomic E-state index is -1.11. The Morgan fingerprint density at radius 1 is 1.23 bits per heavy atom. The van der Waals surface area contributed by atoms with Gasteiger partial charge in [0.15, 0.2) is 0 Å². The van der Waals surface area contributed by atoms with Crippen LogP contribution in [0.4, 0.5) is 0 Å². The quantitative estimate of drug-likeness (QED) is 0.680. The van der Waals surface area contributed by atoms with Crippen molar-refractivity contribution in [3.8, 4) is 5.75 Å². The summed E-state index contributed by atoms with van der Waals surface area (Å²) in [7, 11) is 0. The van der Waals surface area contributed by atoms with E-state index in [-0.39, 0.29) is 29.2 Å². The SMILES string of the molecule is CC[C@@H](C)[C@H](NC(=O)Cc1c(C)c2ccc(O)c(C)c2oc1=O)C(=O)O. The van der Waals surface area contributed by atoms with E-state index in [1.165, 1.54) is 6.07 Å². The molecule has 0 saturated carbocycles. The fourth-order valence-corrected chi connectivity index (χ4v) is 2.85. The maximum atomic E-state index is 12.3. The van der Waals surface area contributed by atoms with Crippen molar-refractivity contribution in [2.24, 2.45) is 5.92 Å². The fraction of sp³-hybridized carbons (Fsp3) is 0.421. The molecule has 2 atom stereocenters. The molecule has 1 amide bonds. The number of amides is 1. The van der Waals surface area contributed by atoms with Gasteiger partial charge in [-0.05, 0) is 37.5 Å². The predicted molar refractivity (Wildman–Crippen MR) is 96.3 cm³/mol. The van der Waals surface area contributed by atoms with Crippen LogP contribution in [-0.4, -0.2) is 28.1 Å². The molecule has 1 aromatic carbocycles. The molecule has 2 rings (SSSR count). The zero-order valence-corrected chi connectivity index (χ0v) is 15.3. The van der Waals surface area contributed by atoms with Gasteiger partial charge in [-0.15, -0.1) is 0 Å². The second-order valence-corrected chi connectivity index (χ2v) is 6.53. The second-order valence-electron chi connectivity index (χ2n) is 6.53. The highest BCUT2D eigenvalue weighted by Crippen LogP contribution is 2.28. The summed E-state index contributed by atoms with van der Waals surface area (Å²) in [5.74, 6) is -1.89. The zero-order chi connectivity index (χ0) is 19.6. The first-order chi connectivity index (χ1) is 12.2. The van der Waals surface area contributed by atoms with E-state index in [9.17, 15) is 24.6 Å². The lowest BCUT2D eigenvalue weighted by atomic mass is 9.98. The Balaban J connectivity index is 2.36. The summed E-state index contributed by atoms with van der Waals surface area (Å²) < 4.78 is 5.30. The summed E-state index contributed by atoms with van der Waals surface area (Å²) in [4.78, 5) is 36.0. The van der Waals surface area contributed by atoms with Gasteiger partial charge in [0.1, 0.15) is 17.4 Å². The van der Waals surface area contributed by atoms with Crippen molar-refractivity contribution in [2.45, 2.75) is 46.6 Å². The van der Waals surface area contributed by atoms with E-state index in [1.807, 2.05) is 6.92 Å². The van der Waals surface area contributed by atoms with Crippen LogP contribution in [0.5, 0.6) is 5.75 Å². The van der Waals surface area contributed by atoms with Crippen molar-refractivity contribution in [3.05, 3.63) is 39.2 Å². The molecular weight excluding hydrogens is 338 g/mol. The molecule has 0 bridgehead atoms. The largest absolute Gasteiger partial charge is 0.508 e. The number of aromatic hydroxyl groups is 1. The van der Waals surface area contributed by atoms with E-state index in [0.29, 0.717) is 22.9 Å². The number of carbonyl (C=O) groups is 2. The topological polar surface area (TPSA) is 117 Å². The van der Waals surface area contributed by atoms with E-state index in [1.54, 1.807) is 26.8 Å². The number of phenols is 1. The van der Waals surface area contributed by atoms with Crippen molar-refractivity contribution in [2.75, 3.05) is 0 Å². The van der Waals surface area contributed by atoms with E-state index < -0.39 is 23.5 Å². The Kier molecular flexibility index (Phi) is 5.69. The molecule has 1 heterocycles. The van der Waals surface area contributed by atoms with E-state index in [0.717, 1.165) is 0 Å². The van der Waals surface area contributed by atoms with Gasteiger partial charge in [-0.25, -0.2) is 9.59 Å². The third-order valence-electron chi connectivity index (χ3n) is 4.81. The maximum Gasteiger partial charge on any atom is 0.340 e. The van der Waals surface area contributed by atoms with Gasteiger partial charge in [0, 0.05) is 10.9 Å². The first-order valence-electron chi connectivity index (χ1n) is 8.44. The normalized spacial score (nSPS) is 13.4. The van der Waals surface area contributed by atoms with Gasteiger partial charge in [-0.2, -0.15) is 0 Å². The number of hydrogen-bond acceptors (Lipinski definition) is 5. The molecule has 7 nitrogen and oxygen atoms in total. The number of aryl methyl sites for hydroxylation is 2. The molecule has 0 radical (unpaired) electrons. The molecule has 2 aromatic rings. The van der Waals surface area contributed by atoms with Crippen LogP contribution in [0.3, 0.4) is 0 Å². The lowest BCUT2D eigenvalue weighted by Crippen LogP contribution is -2.45. The predicted octanol–water partition coefficient (Wildman–Crippen LogP) is 2.27. The van der Waals surface area contributed by atoms with Crippen LogP contribution < -0.4 is 10.9 Å². The molecule has 26 heavy (non-hydrogen) atoms. The summed E-state index contributed by atoms with van der Waals surface area (Å²) in [6.07, 6.45) is 0.321. The number of carboxylic acid groups (broad SMARTS) is 1. The number of phenolic OH excluding ortho intramolecular Hbond substituents is 1. The van der Waals surface area contributed by atoms with Gasteiger partial charge in [0.25, 0.3) is 0 Å². The molecule has 7 heteroatoms. The minimum absolute atomic E-state index is 0.0170. The third kappa shape index (κ3) is 3.71. The van der Waals surface area contributed by atoms with Crippen molar-refractivity contribution >= 4 is 22.8 Å². The van der Waals surface area contributed by atoms with Crippen LogP contribution in [0.25, 0.3) is 11.0 Å². The zero-order valence-electron chi connectivity index (χ0n) is 15.3. The average Bonchev–Trinajstić information content (AvgIpc) is 2.59. The van der Waals surface area contributed by atoms with Crippen LogP contribution in [0, 0.1) is 19.8 Å². The van der Waals surface area contributed by atoms with Crippen LogP contribution in [-0.2, 0) is 16.0 Å². The fourth-order valence-electron chi connectivity index (χ4n) is 2.85. The first-order valence-corrected chi connectivity index (χ1v) is 8.44. The van der Waals surface area contributed by atoms with Crippen LogP contribution in [0.2, 0.25) is 0 Å². The number of fused-ring (bicyclic) bond motifs is 1. The van der Waals surface area contributed by atoms with E-state index in [4.69, 9.17) is 4.42 Å². The summed E-state index contributed by atoms with van der Waals surface area (Å²) in [6, 6.07) is 2.11. The Morgan fingerprint density at radius 3 is 2.46 bits per heavy atom. The summed E-state index contributed by atoms with van der Waals surface area (Å²) in [6.45, 7) is 6.91. The molecule has 0 fully saturated rings. The summed E-state index contributed by atoms with van der Waals surface area (Å²) in [5.41, 5.74) is 0.800. The van der Waals surface area contributed by atoms with Gasteiger partial charge >= 0.3 is 11.6 Å². The van der Waals surface area contributed by atoms with Crippen molar-refractivity contribution < 1.29 is 24.2 Å². The number of aliphatic carboxylic acids is 1. The molecule has 0 aliphatic heterocycles. The Bertz CT molecular complexity index is 914. The highest BCUT2D eigenvalue weighted by Gasteiger charge is 2.26. The molecule has 3 N–H and O–H groups in total. The van der Waals surface area contributed by atoms with Gasteiger partial charge < -0.3 is 19.9 Å². The second kappa shape index (κ2) is 7.59. The highest BCUT2D eigenvalue weighted by atomic mass is 16.4. The molecule has 140 valence electrons. The van der Waals surface area contributed by atoms with E-state index >= 15 is 0 Å². The minimum Gasteiger partial charge on any atom is -0.508 e. The lowest BCUT2D eigenvalue weighted by molar-refractivity contribution is -0.143. The number of hydrogen-bond donors (Lipinski definition) is 3. The number of benzene rings is 1. The van der Waals surface area contributed by atoms with Gasteiger partial charge in [-0.1, -0.05) is 20.3 Å². The maximum absolute atomic E-state index is 12.3. The van der Waals surface area contributed by atoms with Gasteiger partial charge in [-0.3, -0.25) is 4.79 Å². The summed E-state index contributed by atoms with van der Waals surface area (Å²) >= 11 is 0. The highest BCUT2D eigenvalue weighted by molar-refractivity contribution is 5.88. The average molecular weight is 361 g/mol. The molecule has 0 aliphatic rings. The van der Waals surface area contributed by atoms with Crippen LogP contribution >= 0.6 is 0 Å². The molecule has 0 aliphatic carbocycles. The lowest BCUT2D eigenvalue weighted by Gasteiger charge is -2.20. The number of carboxylic acids is 1. The molecule has 0 spiro atoms. The number of rotatable bonds is 6. The monoisotopic (exact) mass is 361 g/mol. The standard InChI is InChI=1S/C19H23NO6/c1-5-9(2)16(18(23)24)20-15(22)8-13-10(3)12-6-7-14(21)11(4)17(12)26-19(13)25/h6-7,9,16,21H,5,8H2,1-4H3,(H,20,22)(H,23,24)/t9-,16+/m1/s1. The molecular formula is C19H23NO6. The number of carbonyl (C=O) groups excluding carboxylic acids is 1. The molecule has 0 saturated heterocycles. The first kappa shape index (κ1) is 19.5. The molecule has 1 aromatic heterocycles. The van der Waals surface area contributed by atoms with Crippen molar-refractivity contribution in [1.82, 2.24) is 5.32 Å². The third-order valence-corrected chi connectivity index (χ3v) is 4.81. The van der Waals surface area contributed by atoms with Gasteiger partial charge in [0.2, 0.25) is 5.91 Å². The number of nitrogens with one attached hydrogen (secondary N) is 1. The van der Waals surface area contributed by atoms with Crippen LogP contribution in [0.15, 0.2) is 21.3 Å². The Hall–Kier alpha value is -2.83. The van der Waals surface area contributed by atoms with Crippen LogP contribution in [0.1, 0.15) is 37.0 Å². The van der Waals surface area contributed by atoms with Gasteiger partial charge in [0.05, 0.1) is 12.0 Å². The Labute approximate surface area is 150 Å².